The Morgan fingerprint density at radius 3 is 2.38 bits per heavy atom. The van der Waals surface area contributed by atoms with Gasteiger partial charge in [-0.1, -0.05) is 6.92 Å². The van der Waals surface area contributed by atoms with Gasteiger partial charge in [0.1, 0.15) is 0 Å². The molecule has 0 bridgehead atoms. The largest absolute Gasteiger partial charge is 0.302 e. The van der Waals surface area contributed by atoms with Gasteiger partial charge in [0.15, 0.2) is 0 Å². The van der Waals surface area contributed by atoms with Crippen molar-refractivity contribution in [1.29, 1.82) is 0 Å². The highest BCUT2D eigenvalue weighted by Gasteiger charge is 1.93. The Balaban J connectivity index is 3.07. The van der Waals surface area contributed by atoms with E-state index in [0.717, 1.165) is 19.3 Å². The normalized spacial score (nSPS) is 10.5. The van der Waals surface area contributed by atoms with Crippen molar-refractivity contribution in [3.8, 4) is 0 Å². The summed E-state index contributed by atoms with van der Waals surface area (Å²) >= 11 is 0. The molecular weight excluding hydrogens is 121 g/mol. The van der Waals surface area contributed by atoms with Crippen LogP contribution in [-0.2, 0) is 4.84 Å². The number of rotatable bonds is 4. The van der Waals surface area contributed by atoms with Crippen LogP contribution in [0.5, 0.6) is 0 Å². The molecule has 0 aromatic carbocycles. The van der Waals surface area contributed by atoms with Crippen LogP contribution in [0.15, 0.2) is 0 Å². The molecule has 8 heavy (non-hydrogen) atoms. The van der Waals surface area contributed by atoms with E-state index in [4.69, 9.17) is 4.84 Å². The van der Waals surface area contributed by atoms with E-state index < -0.39 is 0 Å². The van der Waals surface area contributed by atoms with E-state index in [1.807, 2.05) is 5.06 Å². The zero-order valence-corrected chi connectivity index (χ0v) is 6.71. The summed E-state index contributed by atoms with van der Waals surface area (Å²) in [6, 6.07) is 0. The third-order valence-electron chi connectivity index (χ3n) is 0.989. The highest BCUT2D eigenvalue weighted by Crippen LogP contribution is 1.88. The van der Waals surface area contributed by atoms with Crippen molar-refractivity contribution in [2.45, 2.75) is 6.92 Å². The van der Waals surface area contributed by atoms with Gasteiger partial charge in [0, 0.05) is 13.1 Å². The predicted octanol–water partition coefficient (Wildman–Crippen LogP) is 0.745. The van der Waals surface area contributed by atoms with Crippen LogP contribution in [-0.4, -0.2) is 31.4 Å². The Labute approximate surface area is 53.4 Å². The van der Waals surface area contributed by atoms with Crippen LogP contribution in [0.3, 0.4) is 0 Å². The maximum atomic E-state index is 4.96. The van der Waals surface area contributed by atoms with Crippen LogP contribution in [0.2, 0.25) is 0 Å². The second kappa shape index (κ2) is 5.49. The molecule has 0 aromatic heterocycles. The third-order valence-corrected chi connectivity index (χ3v) is 1.25. The minimum atomic E-state index is 0.963. The number of hydrogen-bond donors (Lipinski definition) is 0. The fourth-order valence-electron chi connectivity index (χ4n) is 0.522. The molecule has 0 fully saturated rings. The fraction of sp³-hybridized carbons (Fsp3) is 1.00. The lowest BCUT2D eigenvalue weighted by Crippen LogP contribution is -2.23. The first kappa shape index (κ1) is 8.35. The molecule has 2 nitrogen and oxygen atoms in total. The summed E-state index contributed by atoms with van der Waals surface area (Å²) in [6.45, 7) is 4.03. The minimum absolute atomic E-state index is 0.963. The van der Waals surface area contributed by atoms with Gasteiger partial charge in [-0.25, -0.2) is 0 Å². The number of nitrogens with zero attached hydrogens (tertiary/aromatic N) is 1. The zero-order valence-electron chi connectivity index (χ0n) is 5.55. The quantitative estimate of drug-likeness (QED) is 0.416. The summed E-state index contributed by atoms with van der Waals surface area (Å²) in [6.07, 6.45) is 1.07. The van der Waals surface area contributed by atoms with E-state index in [9.17, 15) is 0 Å². The summed E-state index contributed by atoms with van der Waals surface area (Å²) in [7, 11) is 4.36. The lowest BCUT2D eigenvalue weighted by molar-refractivity contribution is -0.122. The van der Waals surface area contributed by atoms with Crippen LogP contribution < -0.4 is 0 Å². The third kappa shape index (κ3) is 3.36. The van der Waals surface area contributed by atoms with Gasteiger partial charge in [-0.2, -0.15) is 5.06 Å². The van der Waals surface area contributed by atoms with E-state index >= 15 is 0 Å². The molecule has 0 N–H and O–H groups in total. The molecule has 0 aliphatic carbocycles. The molecule has 0 aliphatic heterocycles. The molecule has 1 unspecified atom stereocenters. The molecule has 0 heterocycles. The molecule has 0 aliphatic rings. The molecule has 1 atom stereocenters. The first-order valence-electron chi connectivity index (χ1n) is 2.84. The Morgan fingerprint density at radius 2 is 2.25 bits per heavy atom. The Morgan fingerprint density at radius 1 is 1.62 bits per heavy atom. The Hall–Kier alpha value is 0.350. The summed E-state index contributed by atoms with van der Waals surface area (Å²) < 4.78 is 0. The van der Waals surface area contributed by atoms with E-state index in [1.165, 1.54) is 0 Å². The summed E-state index contributed by atoms with van der Waals surface area (Å²) in [4.78, 5) is 4.96. The molecule has 50 valence electrons. The van der Waals surface area contributed by atoms with Crippen LogP contribution in [0.1, 0.15) is 6.92 Å². The second-order valence-corrected chi connectivity index (χ2v) is 2.07. The smallest absolute Gasteiger partial charge is 0.0575 e. The first-order valence-corrected chi connectivity index (χ1v) is 3.66. The lowest BCUT2D eigenvalue weighted by Gasteiger charge is -2.14. The second-order valence-electron chi connectivity index (χ2n) is 1.49. The monoisotopic (exact) mass is 135 g/mol. The Kier molecular flexibility index (Phi) is 5.73. The standard InChI is InChI=1S/C5H14NOP/c1-3-6(7-2)4-5-8/h3-5,8H2,1-2H3. The van der Waals surface area contributed by atoms with Crippen molar-refractivity contribution >= 4 is 9.24 Å². The van der Waals surface area contributed by atoms with Crippen molar-refractivity contribution in [2.75, 3.05) is 26.4 Å². The van der Waals surface area contributed by atoms with Crippen molar-refractivity contribution in [1.82, 2.24) is 5.06 Å². The van der Waals surface area contributed by atoms with Crippen molar-refractivity contribution in [2.24, 2.45) is 0 Å². The number of hydrogen-bond acceptors (Lipinski definition) is 2. The van der Waals surface area contributed by atoms with Gasteiger partial charge in [0.05, 0.1) is 7.11 Å². The minimum Gasteiger partial charge on any atom is -0.302 e. The van der Waals surface area contributed by atoms with Crippen LogP contribution in [0.4, 0.5) is 0 Å². The maximum absolute atomic E-state index is 4.96. The molecule has 0 amide bonds. The molecule has 0 radical (unpaired) electrons. The lowest BCUT2D eigenvalue weighted by atomic mass is 10.6. The average Bonchev–Trinajstić information content (AvgIpc) is 1.83. The van der Waals surface area contributed by atoms with Crippen LogP contribution in [0, 0.1) is 0 Å². The van der Waals surface area contributed by atoms with Crippen molar-refractivity contribution in [3.63, 3.8) is 0 Å². The summed E-state index contributed by atoms with van der Waals surface area (Å²) in [5.41, 5.74) is 0. The molecular formula is C5H14NOP. The molecule has 0 rings (SSSR count). The maximum Gasteiger partial charge on any atom is 0.0575 e. The number of hydroxylamine groups is 2. The molecule has 0 saturated carbocycles. The summed E-state index contributed by atoms with van der Waals surface area (Å²) in [5.74, 6) is 0. The summed E-state index contributed by atoms with van der Waals surface area (Å²) in [5, 5.41) is 1.91. The molecule has 0 spiro atoms. The van der Waals surface area contributed by atoms with Gasteiger partial charge < -0.3 is 4.84 Å². The SMILES string of the molecule is CCN(CCP)OC. The van der Waals surface area contributed by atoms with Gasteiger partial charge in [0.25, 0.3) is 0 Å². The van der Waals surface area contributed by atoms with E-state index in [2.05, 4.69) is 16.2 Å². The van der Waals surface area contributed by atoms with E-state index in [-0.39, 0.29) is 0 Å². The topological polar surface area (TPSA) is 12.5 Å². The van der Waals surface area contributed by atoms with Crippen molar-refractivity contribution in [3.05, 3.63) is 0 Å². The molecule has 0 saturated heterocycles. The average molecular weight is 135 g/mol. The van der Waals surface area contributed by atoms with Gasteiger partial charge in [-0.05, 0) is 6.16 Å². The van der Waals surface area contributed by atoms with E-state index in [0.29, 0.717) is 0 Å². The highest BCUT2D eigenvalue weighted by atomic mass is 31.0. The Bertz CT molecular complexity index is 47.7. The molecule has 0 aromatic rings. The van der Waals surface area contributed by atoms with Gasteiger partial charge in [0.2, 0.25) is 0 Å². The van der Waals surface area contributed by atoms with Gasteiger partial charge >= 0.3 is 0 Å². The van der Waals surface area contributed by atoms with E-state index in [1.54, 1.807) is 7.11 Å². The molecule has 3 heteroatoms. The van der Waals surface area contributed by atoms with Crippen LogP contribution in [0.25, 0.3) is 0 Å². The van der Waals surface area contributed by atoms with Crippen LogP contribution >= 0.6 is 9.24 Å². The van der Waals surface area contributed by atoms with Gasteiger partial charge in [-0.15, -0.1) is 9.24 Å². The fourth-order valence-corrected chi connectivity index (χ4v) is 0.810. The van der Waals surface area contributed by atoms with Gasteiger partial charge in [-0.3, -0.25) is 0 Å². The predicted molar refractivity (Wildman–Crippen MR) is 38.8 cm³/mol. The zero-order chi connectivity index (χ0) is 6.41. The first-order chi connectivity index (χ1) is 3.85. The highest BCUT2D eigenvalue weighted by molar-refractivity contribution is 7.16. The van der Waals surface area contributed by atoms with Crippen molar-refractivity contribution < 1.29 is 4.84 Å².